The number of fused-ring (bicyclic) bond motifs is 1. The molecule has 2 heterocycles. The fourth-order valence-corrected chi connectivity index (χ4v) is 3.65. The predicted molar refractivity (Wildman–Crippen MR) is 106 cm³/mol. The second kappa shape index (κ2) is 7.52. The topological polar surface area (TPSA) is 76.9 Å². The highest BCUT2D eigenvalue weighted by atomic mass is 32.2. The third kappa shape index (κ3) is 4.03. The van der Waals surface area contributed by atoms with E-state index in [9.17, 15) is 9.59 Å². The largest absolute Gasteiger partial charge is 0.355 e. The van der Waals surface area contributed by atoms with Crippen LogP contribution in [0.3, 0.4) is 0 Å². The monoisotopic (exact) mass is 380 g/mol. The van der Waals surface area contributed by atoms with Crippen LogP contribution in [-0.4, -0.2) is 32.7 Å². The quantitative estimate of drug-likeness (QED) is 0.526. The number of nitrogens with zero attached hydrogens (tertiary/aromatic N) is 3. The van der Waals surface area contributed by atoms with Gasteiger partial charge in [0.2, 0.25) is 5.91 Å². The number of rotatable bonds is 6. The van der Waals surface area contributed by atoms with E-state index >= 15 is 0 Å². The minimum absolute atomic E-state index is 0.0435. The maximum absolute atomic E-state index is 13.1. The highest BCUT2D eigenvalue weighted by Gasteiger charge is 2.22. The van der Waals surface area contributed by atoms with E-state index in [4.69, 9.17) is 0 Å². The zero-order chi connectivity index (χ0) is 18.8. The summed E-state index contributed by atoms with van der Waals surface area (Å²) in [6.07, 6.45) is 4.06. The molecule has 0 radical (unpaired) electrons. The lowest BCUT2D eigenvalue weighted by molar-refractivity contribution is -0.118. The van der Waals surface area contributed by atoms with Crippen LogP contribution in [0.5, 0.6) is 0 Å². The van der Waals surface area contributed by atoms with Gasteiger partial charge < -0.3 is 5.32 Å². The van der Waals surface area contributed by atoms with Crippen molar-refractivity contribution in [2.24, 2.45) is 5.92 Å². The SMILES string of the molecule is Cc1ccnc(-n2c(SCC(=O)NCC3CC3)nc3ccccc3c2=O)c1. The highest BCUT2D eigenvalue weighted by Crippen LogP contribution is 2.27. The highest BCUT2D eigenvalue weighted by molar-refractivity contribution is 7.99. The number of pyridine rings is 1. The first-order valence-electron chi connectivity index (χ1n) is 8.96. The van der Waals surface area contributed by atoms with Gasteiger partial charge in [-0.1, -0.05) is 23.9 Å². The van der Waals surface area contributed by atoms with Crippen molar-refractivity contribution in [2.75, 3.05) is 12.3 Å². The number of thioether (sulfide) groups is 1. The van der Waals surface area contributed by atoms with Gasteiger partial charge in [-0.2, -0.15) is 0 Å². The van der Waals surface area contributed by atoms with Crippen LogP contribution in [0.4, 0.5) is 0 Å². The molecule has 0 atom stereocenters. The van der Waals surface area contributed by atoms with E-state index < -0.39 is 0 Å². The number of amides is 1. The first-order chi connectivity index (χ1) is 13.1. The Hall–Kier alpha value is -2.67. The van der Waals surface area contributed by atoms with Crippen LogP contribution < -0.4 is 10.9 Å². The molecular weight excluding hydrogens is 360 g/mol. The Kier molecular flexibility index (Phi) is 4.94. The standard InChI is InChI=1S/C20H20N4O2S/c1-13-8-9-21-17(10-13)24-19(26)15-4-2-3-5-16(15)23-20(24)27-12-18(25)22-11-14-6-7-14/h2-5,8-10,14H,6-7,11-12H2,1H3,(H,22,25). The molecule has 2 aromatic heterocycles. The van der Waals surface area contributed by atoms with E-state index in [2.05, 4.69) is 15.3 Å². The molecule has 3 aromatic rings. The van der Waals surface area contributed by atoms with Crippen molar-refractivity contribution in [3.8, 4) is 5.82 Å². The van der Waals surface area contributed by atoms with Gasteiger partial charge in [0, 0.05) is 12.7 Å². The fraction of sp³-hybridized carbons (Fsp3) is 0.300. The van der Waals surface area contributed by atoms with Gasteiger partial charge in [-0.3, -0.25) is 9.59 Å². The zero-order valence-corrected chi connectivity index (χ0v) is 15.8. The third-order valence-corrected chi connectivity index (χ3v) is 5.43. The second-order valence-electron chi connectivity index (χ2n) is 6.78. The number of carbonyl (C=O) groups excluding carboxylic acids is 1. The molecule has 1 saturated carbocycles. The number of aryl methyl sites for hydroxylation is 1. The van der Waals surface area contributed by atoms with Crippen molar-refractivity contribution in [3.05, 3.63) is 58.5 Å². The lowest BCUT2D eigenvalue weighted by atomic mass is 10.2. The maximum atomic E-state index is 13.1. The van der Waals surface area contributed by atoms with Gasteiger partial charge in [0.1, 0.15) is 5.82 Å². The molecule has 27 heavy (non-hydrogen) atoms. The Morgan fingerprint density at radius 2 is 2.11 bits per heavy atom. The number of hydrogen-bond acceptors (Lipinski definition) is 5. The predicted octanol–water partition coefficient (Wildman–Crippen LogP) is 2.71. The number of benzene rings is 1. The minimum atomic E-state index is -0.181. The molecule has 0 aliphatic heterocycles. The number of carbonyl (C=O) groups is 1. The van der Waals surface area contributed by atoms with Crippen LogP contribution in [0.25, 0.3) is 16.7 Å². The molecule has 0 unspecified atom stereocenters. The smallest absolute Gasteiger partial charge is 0.267 e. The molecule has 1 aliphatic rings. The maximum Gasteiger partial charge on any atom is 0.267 e. The molecule has 7 heteroatoms. The average Bonchev–Trinajstić information content (AvgIpc) is 3.49. The van der Waals surface area contributed by atoms with Crippen molar-refractivity contribution in [3.63, 3.8) is 0 Å². The number of para-hydroxylation sites is 1. The Bertz CT molecular complexity index is 1060. The van der Waals surface area contributed by atoms with Gasteiger partial charge in [0.25, 0.3) is 5.56 Å². The first kappa shape index (κ1) is 17.7. The van der Waals surface area contributed by atoms with E-state index in [0.29, 0.717) is 27.8 Å². The Labute approximate surface area is 161 Å². The first-order valence-corrected chi connectivity index (χ1v) is 9.95. The summed E-state index contributed by atoms with van der Waals surface area (Å²) in [6, 6.07) is 10.9. The summed E-state index contributed by atoms with van der Waals surface area (Å²) >= 11 is 1.26. The lowest BCUT2D eigenvalue weighted by Crippen LogP contribution is -2.28. The summed E-state index contributed by atoms with van der Waals surface area (Å²) in [7, 11) is 0. The summed E-state index contributed by atoms with van der Waals surface area (Å²) in [5.41, 5.74) is 1.44. The summed E-state index contributed by atoms with van der Waals surface area (Å²) in [5.74, 6) is 1.31. The zero-order valence-electron chi connectivity index (χ0n) is 15.0. The van der Waals surface area contributed by atoms with Gasteiger partial charge >= 0.3 is 0 Å². The van der Waals surface area contributed by atoms with Crippen LogP contribution in [0.2, 0.25) is 0 Å². The molecule has 0 bridgehead atoms. The number of nitrogens with one attached hydrogen (secondary N) is 1. The van der Waals surface area contributed by atoms with E-state index in [1.165, 1.54) is 29.2 Å². The Balaban J connectivity index is 1.69. The van der Waals surface area contributed by atoms with Crippen molar-refractivity contribution in [2.45, 2.75) is 24.9 Å². The average molecular weight is 380 g/mol. The summed E-state index contributed by atoms with van der Waals surface area (Å²) in [6.45, 7) is 2.68. The molecule has 1 aliphatic carbocycles. The van der Waals surface area contributed by atoms with Crippen LogP contribution in [0.15, 0.2) is 52.5 Å². The van der Waals surface area contributed by atoms with Crippen LogP contribution in [-0.2, 0) is 4.79 Å². The molecule has 0 spiro atoms. The van der Waals surface area contributed by atoms with E-state index in [1.54, 1.807) is 12.3 Å². The normalized spacial score (nSPS) is 13.7. The van der Waals surface area contributed by atoms with Gasteiger partial charge in [-0.15, -0.1) is 0 Å². The van der Waals surface area contributed by atoms with Crippen molar-refractivity contribution < 1.29 is 4.79 Å². The van der Waals surface area contributed by atoms with Gasteiger partial charge in [0.05, 0.1) is 16.7 Å². The summed E-state index contributed by atoms with van der Waals surface area (Å²) < 4.78 is 1.49. The molecule has 6 nitrogen and oxygen atoms in total. The summed E-state index contributed by atoms with van der Waals surface area (Å²) in [4.78, 5) is 34.2. The number of hydrogen-bond donors (Lipinski definition) is 1. The van der Waals surface area contributed by atoms with E-state index in [1.807, 2.05) is 37.3 Å². The van der Waals surface area contributed by atoms with E-state index in [-0.39, 0.29) is 17.2 Å². The van der Waals surface area contributed by atoms with Crippen LogP contribution in [0, 0.1) is 12.8 Å². The van der Waals surface area contributed by atoms with Crippen molar-refractivity contribution in [1.82, 2.24) is 19.9 Å². The number of aromatic nitrogens is 3. The minimum Gasteiger partial charge on any atom is -0.355 e. The molecular formula is C20H20N4O2S. The van der Waals surface area contributed by atoms with Crippen LogP contribution in [0.1, 0.15) is 18.4 Å². The Morgan fingerprint density at radius 3 is 2.89 bits per heavy atom. The molecule has 1 N–H and O–H groups in total. The van der Waals surface area contributed by atoms with Gasteiger partial charge in [-0.25, -0.2) is 14.5 Å². The molecule has 1 fully saturated rings. The molecule has 1 aromatic carbocycles. The molecule has 1 amide bonds. The lowest BCUT2D eigenvalue weighted by Gasteiger charge is -2.13. The Morgan fingerprint density at radius 1 is 1.30 bits per heavy atom. The van der Waals surface area contributed by atoms with E-state index in [0.717, 1.165) is 12.1 Å². The molecule has 138 valence electrons. The molecule has 4 rings (SSSR count). The second-order valence-corrected chi connectivity index (χ2v) is 7.72. The third-order valence-electron chi connectivity index (χ3n) is 4.49. The molecule has 0 saturated heterocycles. The van der Waals surface area contributed by atoms with Gasteiger partial charge in [0.15, 0.2) is 5.16 Å². The van der Waals surface area contributed by atoms with Crippen molar-refractivity contribution in [1.29, 1.82) is 0 Å². The van der Waals surface area contributed by atoms with Crippen molar-refractivity contribution >= 4 is 28.6 Å². The van der Waals surface area contributed by atoms with Gasteiger partial charge in [-0.05, 0) is 55.5 Å². The summed E-state index contributed by atoms with van der Waals surface area (Å²) in [5, 5.41) is 3.95. The fourth-order valence-electron chi connectivity index (χ4n) is 2.81. The van der Waals surface area contributed by atoms with Crippen LogP contribution >= 0.6 is 11.8 Å².